The fourth-order valence-electron chi connectivity index (χ4n) is 2.37. The molecule has 1 amide bonds. The number of aliphatic hydroxyl groups excluding tert-OH is 1. The van der Waals surface area contributed by atoms with E-state index in [0.29, 0.717) is 18.5 Å². The van der Waals surface area contributed by atoms with Crippen LogP contribution in [-0.2, 0) is 0 Å². The first-order valence-corrected chi connectivity index (χ1v) is 7.53. The number of benzene rings is 1. The number of hydrogen-bond acceptors (Lipinski definition) is 3. The molecule has 2 rings (SSSR count). The SMILES string of the molecule is Cc1c(C(=O)NCC(C)CCO)cccc1-c1ccccn1. The summed E-state index contributed by atoms with van der Waals surface area (Å²) in [4.78, 5) is 16.7. The molecule has 0 fully saturated rings. The van der Waals surface area contributed by atoms with Crippen LogP contribution in [0.3, 0.4) is 0 Å². The third-order valence-corrected chi connectivity index (χ3v) is 3.75. The summed E-state index contributed by atoms with van der Waals surface area (Å²) >= 11 is 0. The number of hydrogen-bond donors (Lipinski definition) is 2. The van der Waals surface area contributed by atoms with Gasteiger partial charge in [-0.25, -0.2) is 0 Å². The lowest BCUT2D eigenvalue weighted by atomic mass is 9.99. The van der Waals surface area contributed by atoms with Gasteiger partial charge in [0.1, 0.15) is 0 Å². The number of pyridine rings is 1. The van der Waals surface area contributed by atoms with Gasteiger partial charge in [0.05, 0.1) is 5.69 Å². The summed E-state index contributed by atoms with van der Waals surface area (Å²) in [6, 6.07) is 11.4. The molecule has 0 radical (unpaired) electrons. The standard InChI is InChI=1S/C18H22N2O2/c1-13(9-11-21)12-20-18(22)16-7-5-6-15(14(16)2)17-8-3-4-10-19-17/h3-8,10,13,21H,9,11-12H2,1-2H3,(H,20,22). The maximum absolute atomic E-state index is 12.4. The molecule has 0 aliphatic heterocycles. The molecule has 4 nitrogen and oxygen atoms in total. The van der Waals surface area contributed by atoms with Crippen LogP contribution >= 0.6 is 0 Å². The van der Waals surface area contributed by atoms with Crippen molar-refractivity contribution in [1.82, 2.24) is 10.3 Å². The second-order valence-electron chi connectivity index (χ2n) is 5.52. The van der Waals surface area contributed by atoms with E-state index in [2.05, 4.69) is 10.3 Å². The minimum atomic E-state index is -0.0833. The molecule has 0 aliphatic carbocycles. The summed E-state index contributed by atoms with van der Waals surface area (Å²) in [6.45, 7) is 4.65. The van der Waals surface area contributed by atoms with Crippen LogP contribution in [0.5, 0.6) is 0 Å². The van der Waals surface area contributed by atoms with Gasteiger partial charge in [0.15, 0.2) is 0 Å². The Labute approximate surface area is 131 Å². The first kappa shape index (κ1) is 16.2. The minimum Gasteiger partial charge on any atom is -0.396 e. The van der Waals surface area contributed by atoms with E-state index in [1.807, 2.05) is 50.2 Å². The van der Waals surface area contributed by atoms with E-state index in [4.69, 9.17) is 5.11 Å². The Hall–Kier alpha value is -2.20. The van der Waals surface area contributed by atoms with Crippen molar-refractivity contribution in [2.75, 3.05) is 13.2 Å². The van der Waals surface area contributed by atoms with Gasteiger partial charge in [0.2, 0.25) is 0 Å². The number of amides is 1. The van der Waals surface area contributed by atoms with Gasteiger partial charge in [-0.15, -0.1) is 0 Å². The third kappa shape index (κ3) is 3.92. The van der Waals surface area contributed by atoms with E-state index >= 15 is 0 Å². The second kappa shape index (κ2) is 7.71. The van der Waals surface area contributed by atoms with Gasteiger partial charge in [-0.2, -0.15) is 0 Å². The first-order valence-electron chi connectivity index (χ1n) is 7.53. The van der Waals surface area contributed by atoms with Crippen molar-refractivity contribution in [3.63, 3.8) is 0 Å². The normalized spacial score (nSPS) is 12.0. The number of carbonyl (C=O) groups is 1. The molecule has 1 heterocycles. The van der Waals surface area contributed by atoms with E-state index in [9.17, 15) is 4.79 Å². The predicted octanol–water partition coefficient (Wildman–Crippen LogP) is 2.81. The summed E-state index contributed by atoms with van der Waals surface area (Å²) < 4.78 is 0. The highest BCUT2D eigenvalue weighted by atomic mass is 16.3. The average Bonchev–Trinajstić information content (AvgIpc) is 2.54. The Balaban J connectivity index is 2.17. The number of rotatable bonds is 6. The molecule has 116 valence electrons. The molecule has 0 spiro atoms. The highest BCUT2D eigenvalue weighted by Gasteiger charge is 2.13. The Morgan fingerprint density at radius 3 is 2.77 bits per heavy atom. The van der Waals surface area contributed by atoms with Crippen molar-refractivity contribution in [2.24, 2.45) is 5.92 Å². The monoisotopic (exact) mass is 298 g/mol. The van der Waals surface area contributed by atoms with Crippen molar-refractivity contribution in [1.29, 1.82) is 0 Å². The maximum atomic E-state index is 12.4. The zero-order valence-corrected chi connectivity index (χ0v) is 13.0. The molecule has 0 aliphatic rings. The van der Waals surface area contributed by atoms with Crippen LogP contribution in [0.2, 0.25) is 0 Å². The zero-order valence-electron chi connectivity index (χ0n) is 13.0. The summed E-state index contributed by atoms with van der Waals surface area (Å²) in [5.74, 6) is 0.174. The minimum absolute atomic E-state index is 0.0833. The molecule has 0 saturated carbocycles. The zero-order chi connectivity index (χ0) is 15.9. The van der Waals surface area contributed by atoms with E-state index in [1.54, 1.807) is 6.20 Å². The Morgan fingerprint density at radius 1 is 1.27 bits per heavy atom. The van der Waals surface area contributed by atoms with Crippen LogP contribution in [-0.4, -0.2) is 29.1 Å². The maximum Gasteiger partial charge on any atom is 0.251 e. The number of carbonyl (C=O) groups excluding carboxylic acids is 1. The molecular weight excluding hydrogens is 276 g/mol. The molecule has 4 heteroatoms. The molecule has 0 bridgehead atoms. The van der Waals surface area contributed by atoms with Crippen molar-refractivity contribution >= 4 is 5.91 Å². The Morgan fingerprint density at radius 2 is 2.09 bits per heavy atom. The molecule has 0 saturated heterocycles. The van der Waals surface area contributed by atoms with Gasteiger partial charge in [-0.3, -0.25) is 9.78 Å². The van der Waals surface area contributed by atoms with Crippen LogP contribution in [0.15, 0.2) is 42.6 Å². The molecule has 1 atom stereocenters. The highest BCUT2D eigenvalue weighted by molar-refractivity contribution is 5.97. The smallest absolute Gasteiger partial charge is 0.251 e. The predicted molar refractivity (Wildman–Crippen MR) is 87.6 cm³/mol. The van der Waals surface area contributed by atoms with Gasteiger partial charge < -0.3 is 10.4 Å². The third-order valence-electron chi connectivity index (χ3n) is 3.75. The highest BCUT2D eigenvalue weighted by Crippen LogP contribution is 2.23. The molecule has 1 aromatic carbocycles. The summed E-state index contributed by atoms with van der Waals surface area (Å²) in [6.07, 6.45) is 2.44. The van der Waals surface area contributed by atoms with Crippen LogP contribution in [0, 0.1) is 12.8 Å². The van der Waals surface area contributed by atoms with Crippen LogP contribution in [0.25, 0.3) is 11.3 Å². The number of nitrogens with one attached hydrogen (secondary N) is 1. The second-order valence-corrected chi connectivity index (χ2v) is 5.52. The van der Waals surface area contributed by atoms with E-state index < -0.39 is 0 Å². The van der Waals surface area contributed by atoms with E-state index in [1.165, 1.54) is 0 Å². The molecule has 22 heavy (non-hydrogen) atoms. The van der Waals surface area contributed by atoms with Crippen LogP contribution < -0.4 is 5.32 Å². The van der Waals surface area contributed by atoms with Crippen LogP contribution in [0.4, 0.5) is 0 Å². The van der Waals surface area contributed by atoms with Gasteiger partial charge in [-0.05, 0) is 43.0 Å². The van der Waals surface area contributed by atoms with Crippen molar-refractivity contribution < 1.29 is 9.90 Å². The van der Waals surface area contributed by atoms with Crippen molar-refractivity contribution in [2.45, 2.75) is 20.3 Å². The molecular formula is C18H22N2O2. The van der Waals surface area contributed by atoms with Gasteiger partial charge in [-0.1, -0.05) is 25.1 Å². The lowest BCUT2D eigenvalue weighted by Crippen LogP contribution is -2.29. The fourth-order valence-corrected chi connectivity index (χ4v) is 2.37. The molecule has 1 aromatic heterocycles. The van der Waals surface area contributed by atoms with Crippen molar-refractivity contribution in [3.05, 3.63) is 53.7 Å². The van der Waals surface area contributed by atoms with Gasteiger partial charge in [0.25, 0.3) is 5.91 Å². The Bertz CT molecular complexity index is 626. The topological polar surface area (TPSA) is 62.2 Å². The number of nitrogens with zero attached hydrogens (tertiary/aromatic N) is 1. The lowest BCUT2D eigenvalue weighted by molar-refractivity contribution is 0.0945. The van der Waals surface area contributed by atoms with E-state index in [-0.39, 0.29) is 18.4 Å². The van der Waals surface area contributed by atoms with Crippen molar-refractivity contribution in [3.8, 4) is 11.3 Å². The summed E-state index contributed by atoms with van der Waals surface area (Å²) in [5.41, 5.74) is 3.42. The summed E-state index contributed by atoms with van der Waals surface area (Å²) in [7, 11) is 0. The summed E-state index contributed by atoms with van der Waals surface area (Å²) in [5, 5.41) is 11.8. The number of aromatic nitrogens is 1. The van der Waals surface area contributed by atoms with Crippen LogP contribution in [0.1, 0.15) is 29.3 Å². The van der Waals surface area contributed by atoms with Gasteiger partial charge >= 0.3 is 0 Å². The average molecular weight is 298 g/mol. The molecule has 2 N–H and O–H groups in total. The number of aliphatic hydroxyl groups is 1. The molecule has 2 aromatic rings. The molecule has 1 unspecified atom stereocenters. The quantitative estimate of drug-likeness (QED) is 0.862. The fraction of sp³-hybridized carbons (Fsp3) is 0.333. The lowest BCUT2D eigenvalue weighted by Gasteiger charge is -2.14. The largest absolute Gasteiger partial charge is 0.396 e. The first-order chi connectivity index (χ1) is 10.6. The van der Waals surface area contributed by atoms with E-state index in [0.717, 1.165) is 16.8 Å². The van der Waals surface area contributed by atoms with Gasteiger partial charge in [0, 0.05) is 30.5 Å². The Kier molecular flexibility index (Phi) is 5.67.